The molecule has 11 nitrogen and oxygen atoms in total. The minimum atomic E-state index is -2.90. The first-order chi connectivity index (χ1) is 20.6. The third-order valence-corrected chi connectivity index (χ3v) is 10.4. The van der Waals surface area contributed by atoms with Gasteiger partial charge >= 0.3 is 5.97 Å². The van der Waals surface area contributed by atoms with Crippen molar-refractivity contribution in [3.8, 4) is 5.75 Å². The van der Waals surface area contributed by atoms with Crippen LogP contribution in [0.5, 0.6) is 5.75 Å². The summed E-state index contributed by atoms with van der Waals surface area (Å²) in [6.45, 7) is -1.13. The molecule has 7 unspecified atom stereocenters. The number of H-pyrrole nitrogens is 1. The van der Waals surface area contributed by atoms with Gasteiger partial charge in [0.25, 0.3) is 0 Å². The molecule has 1 aliphatic heterocycles. The van der Waals surface area contributed by atoms with E-state index >= 15 is 0 Å². The van der Waals surface area contributed by atoms with E-state index in [1.807, 2.05) is 42.5 Å². The molecular weight excluding hydrogens is 558 g/mol. The summed E-state index contributed by atoms with van der Waals surface area (Å²) in [5, 5.41) is 81.0. The smallest absolute Gasteiger partial charge is 0.343 e. The standard InChI is InChI=1S/C32H35NO10/c34-14-21-26(24-19-12-17-6-2-1-5-16(17)11-18(19)7-8-20(24)33-21)42-29(39)27-25(37)28(38)32(41,43-27)31(40)13-23(36)30(22(31)15-35)9-3-4-10-30/h1-2,5-8,11-12,22-23,25,27-28,33-38,40-41H,3-4,9-10,13-15H2. The Balaban J connectivity index is 1.25. The molecule has 2 aliphatic carbocycles. The van der Waals surface area contributed by atoms with Gasteiger partial charge in [0, 0.05) is 24.4 Å². The number of ether oxygens (including phenoxy) is 2. The number of aromatic amines is 1. The monoisotopic (exact) mass is 593 g/mol. The van der Waals surface area contributed by atoms with Crippen molar-refractivity contribution in [3.05, 3.63) is 54.2 Å². The summed E-state index contributed by atoms with van der Waals surface area (Å²) in [4.78, 5) is 16.7. The first kappa shape index (κ1) is 28.6. The van der Waals surface area contributed by atoms with Gasteiger partial charge in [0.2, 0.25) is 5.79 Å². The largest absolute Gasteiger partial charge is 0.422 e. The molecule has 4 aromatic rings. The number of esters is 1. The van der Waals surface area contributed by atoms with Crippen molar-refractivity contribution in [2.75, 3.05) is 6.61 Å². The summed E-state index contributed by atoms with van der Waals surface area (Å²) in [5.74, 6) is -5.16. The van der Waals surface area contributed by atoms with Crippen molar-refractivity contribution in [2.45, 2.75) is 74.5 Å². The number of fused-ring (bicyclic) bond motifs is 4. The van der Waals surface area contributed by atoms with Gasteiger partial charge in [-0.05, 0) is 52.6 Å². The number of carbonyl (C=O) groups is 1. The molecule has 3 fully saturated rings. The second-order valence-electron chi connectivity index (χ2n) is 12.4. The van der Waals surface area contributed by atoms with Crippen LogP contribution < -0.4 is 4.74 Å². The van der Waals surface area contributed by atoms with E-state index in [0.717, 1.165) is 34.4 Å². The van der Waals surface area contributed by atoms with Gasteiger partial charge in [0.1, 0.15) is 17.8 Å². The number of aromatic nitrogens is 1. The molecule has 0 radical (unpaired) electrons. The van der Waals surface area contributed by atoms with Crippen molar-refractivity contribution in [3.63, 3.8) is 0 Å². The highest BCUT2D eigenvalue weighted by Gasteiger charge is 2.75. The zero-order valence-electron chi connectivity index (χ0n) is 23.3. The Hall–Kier alpha value is -3.13. The first-order valence-corrected chi connectivity index (χ1v) is 14.6. The predicted molar refractivity (Wildman–Crippen MR) is 154 cm³/mol. The predicted octanol–water partition coefficient (Wildman–Crippen LogP) is 1.35. The van der Waals surface area contributed by atoms with Crippen LogP contribution in [-0.4, -0.2) is 89.1 Å². The number of carbonyl (C=O) groups excluding carboxylic acids is 1. The number of rotatable bonds is 5. The van der Waals surface area contributed by atoms with E-state index in [0.29, 0.717) is 23.7 Å². The Morgan fingerprint density at radius 1 is 0.977 bits per heavy atom. The fraction of sp³-hybridized carbons (Fsp3) is 0.469. The van der Waals surface area contributed by atoms with Crippen LogP contribution in [0.15, 0.2) is 48.5 Å². The highest BCUT2D eigenvalue weighted by Crippen LogP contribution is 2.62. The average molecular weight is 594 g/mol. The van der Waals surface area contributed by atoms with E-state index in [2.05, 4.69) is 4.98 Å². The van der Waals surface area contributed by atoms with Gasteiger partial charge in [0.15, 0.2) is 11.9 Å². The summed E-state index contributed by atoms with van der Waals surface area (Å²) >= 11 is 0. The van der Waals surface area contributed by atoms with E-state index < -0.39 is 72.7 Å². The van der Waals surface area contributed by atoms with Gasteiger partial charge in [-0.25, -0.2) is 4.79 Å². The molecule has 228 valence electrons. The average Bonchev–Trinajstić information content (AvgIpc) is 3.74. The Bertz CT molecular complexity index is 1730. The summed E-state index contributed by atoms with van der Waals surface area (Å²) in [5.41, 5.74) is -2.51. The lowest BCUT2D eigenvalue weighted by Gasteiger charge is -2.45. The molecule has 0 bridgehead atoms. The molecule has 11 heteroatoms. The molecule has 3 aliphatic rings. The summed E-state index contributed by atoms with van der Waals surface area (Å²) in [6.07, 6.45) is -5.16. The number of aliphatic hydroxyl groups is 7. The van der Waals surface area contributed by atoms with Crippen LogP contribution in [-0.2, 0) is 16.1 Å². The number of hydrogen-bond acceptors (Lipinski definition) is 10. The van der Waals surface area contributed by atoms with Crippen LogP contribution in [0.4, 0.5) is 0 Å². The zero-order valence-corrected chi connectivity index (χ0v) is 23.3. The maximum atomic E-state index is 13.6. The Kier molecular flexibility index (Phi) is 6.62. The fourth-order valence-corrected chi connectivity index (χ4v) is 8.18. The SMILES string of the molecule is O=C(Oc1c(CO)[nH]c2ccc3cc4ccccc4cc3c12)C1OC(O)(C2(O)CC(O)C3(CCCC3)C2CO)C(O)C1O. The van der Waals surface area contributed by atoms with Gasteiger partial charge in [-0.2, -0.15) is 0 Å². The second kappa shape index (κ2) is 9.94. The lowest BCUT2D eigenvalue weighted by molar-refractivity contribution is -0.330. The summed E-state index contributed by atoms with van der Waals surface area (Å²) in [6, 6.07) is 15.4. The first-order valence-electron chi connectivity index (χ1n) is 14.6. The Morgan fingerprint density at radius 3 is 2.35 bits per heavy atom. The number of nitrogens with one attached hydrogen (secondary N) is 1. The van der Waals surface area contributed by atoms with Crippen molar-refractivity contribution < 1.29 is 50.0 Å². The Morgan fingerprint density at radius 2 is 1.67 bits per heavy atom. The fourth-order valence-electron chi connectivity index (χ4n) is 8.18. The molecule has 7 atom stereocenters. The van der Waals surface area contributed by atoms with Crippen LogP contribution in [0.1, 0.15) is 37.8 Å². The molecule has 2 heterocycles. The normalized spacial score (nSPS) is 33.8. The maximum absolute atomic E-state index is 13.6. The lowest BCUT2D eigenvalue weighted by Crippen LogP contribution is -2.64. The van der Waals surface area contributed by atoms with E-state index in [1.165, 1.54) is 0 Å². The van der Waals surface area contributed by atoms with Gasteiger partial charge in [0.05, 0.1) is 29.3 Å². The van der Waals surface area contributed by atoms with E-state index in [-0.39, 0.29) is 11.4 Å². The van der Waals surface area contributed by atoms with E-state index in [9.17, 15) is 40.5 Å². The second-order valence-corrected chi connectivity index (χ2v) is 12.4. The highest BCUT2D eigenvalue weighted by atomic mass is 16.7. The summed E-state index contributed by atoms with van der Waals surface area (Å²) < 4.78 is 11.4. The van der Waals surface area contributed by atoms with Crippen LogP contribution in [0.3, 0.4) is 0 Å². The summed E-state index contributed by atoms with van der Waals surface area (Å²) in [7, 11) is 0. The molecule has 7 rings (SSSR count). The number of aliphatic hydroxyl groups excluding tert-OH is 5. The molecular formula is C32H35NO10. The van der Waals surface area contributed by atoms with Crippen LogP contribution >= 0.6 is 0 Å². The Labute approximate surface area is 245 Å². The number of hydrogen-bond donors (Lipinski definition) is 8. The van der Waals surface area contributed by atoms with Crippen LogP contribution in [0.2, 0.25) is 0 Å². The van der Waals surface area contributed by atoms with Gasteiger partial charge in [-0.3, -0.25) is 0 Å². The zero-order chi connectivity index (χ0) is 30.3. The van der Waals surface area contributed by atoms with Crippen molar-refractivity contribution in [1.82, 2.24) is 4.98 Å². The molecule has 1 spiro atoms. The minimum Gasteiger partial charge on any atom is -0.422 e. The molecule has 1 saturated heterocycles. The topological polar surface area (TPSA) is 193 Å². The molecule has 1 aromatic heterocycles. The van der Waals surface area contributed by atoms with Crippen molar-refractivity contribution in [1.29, 1.82) is 0 Å². The third kappa shape index (κ3) is 3.87. The molecule has 43 heavy (non-hydrogen) atoms. The molecule has 3 aromatic carbocycles. The maximum Gasteiger partial charge on any atom is 0.343 e. The quantitative estimate of drug-likeness (QED) is 0.124. The van der Waals surface area contributed by atoms with Crippen LogP contribution in [0.25, 0.3) is 32.4 Å². The molecule has 0 amide bonds. The van der Waals surface area contributed by atoms with Crippen LogP contribution in [0, 0.1) is 11.3 Å². The van der Waals surface area contributed by atoms with E-state index in [4.69, 9.17) is 9.47 Å². The lowest BCUT2D eigenvalue weighted by atomic mass is 9.69. The molecule has 2 saturated carbocycles. The van der Waals surface area contributed by atoms with Crippen molar-refractivity contribution >= 4 is 38.4 Å². The van der Waals surface area contributed by atoms with E-state index in [1.54, 1.807) is 6.07 Å². The molecule has 8 N–H and O–H groups in total. The number of benzene rings is 3. The van der Waals surface area contributed by atoms with Gasteiger partial charge in [-0.1, -0.05) is 43.2 Å². The van der Waals surface area contributed by atoms with Gasteiger partial charge < -0.3 is 50.2 Å². The highest BCUT2D eigenvalue weighted by molar-refractivity contribution is 6.14. The minimum absolute atomic E-state index is 0.00254. The van der Waals surface area contributed by atoms with Gasteiger partial charge in [-0.15, -0.1) is 0 Å². The third-order valence-electron chi connectivity index (χ3n) is 10.4. The van der Waals surface area contributed by atoms with Crippen molar-refractivity contribution in [2.24, 2.45) is 11.3 Å².